The average molecular weight is 555 g/mol. The van der Waals surface area contributed by atoms with Gasteiger partial charge in [0.05, 0.1) is 41.0 Å². The number of fused-ring (bicyclic) bond motifs is 1. The van der Waals surface area contributed by atoms with Crippen molar-refractivity contribution in [3.8, 4) is 22.6 Å². The number of hydrogen-bond acceptors (Lipinski definition) is 8. The predicted molar refractivity (Wildman–Crippen MR) is 150 cm³/mol. The zero-order chi connectivity index (χ0) is 26.8. The molecule has 0 aliphatic carbocycles. The van der Waals surface area contributed by atoms with E-state index >= 15 is 0 Å². The topological polar surface area (TPSA) is 92.2 Å². The number of carbonyl (C=O) groups is 1. The lowest BCUT2D eigenvalue weighted by molar-refractivity contribution is 0.0978. The van der Waals surface area contributed by atoms with Gasteiger partial charge in [-0.2, -0.15) is 0 Å². The van der Waals surface area contributed by atoms with Crippen molar-refractivity contribution in [2.24, 2.45) is 4.99 Å². The van der Waals surface area contributed by atoms with Crippen LogP contribution in [0.1, 0.15) is 16.8 Å². The van der Waals surface area contributed by atoms with Gasteiger partial charge in [0, 0.05) is 68.7 Å². The molecule has 1 saturated heterocycles. The SMILES string of the molecule is COc1cc(OC)c(Cl)c(-c2ccc(C(=O)NC3=NC(CN4CCN(C)CC4)=CC3)c3nccnc23)c1Cl. The van der Waals surface area contributed by atoms with Gasteiger partial charge in [0.25, 0.3) is 5.91 Å². The summed E-state index contributed by atoms with van der Waals surface area (Å²) < 4.78 is 10.8. The van der Waals surface area contributed by atoms with E-state index in [9.17, 15) is 4.79 Å². The fourth-order valence-electron chi connectivity index (χ4n) is 4.66. The van der Waals surface area contributed by atoms with E-state index in [-0.39, 0.29) is 5.91 Å². The molecule has 1 N–H and O–H groups in total. The highest BCUT2D eigenvalue weighted by atomic mass is 35.5. The number of nitrogens with one attached hydrogen (secondary N) is 1. The Hall–Kier alpha value is -3.24. The maximum absolute atomic E-state index is 13.3. The molecule has 3 aromatic rings. The highest BCUT2D eigenvalue weighted by molar-refractivity contribution is 6.41. The molecule has 198 valence electrons. The Labute approximate surface area is 231 Å². The Morgan fingerprint density at radius 2 is 1.66 bits per heavy atom. The summed E-state index contributed by atoms with van der Waals surface area (Å²) in [5.41, 5.74) is 3.32. The second-order valence-electron chi connectivity index (χ2n) is 9.19. The second-order valence-corrected chi connectivity index (χ2v) is 9.95. The number of ether oxygens (including phenoxy) is 2. The monoisotopic (exact) mass is 554 g/mol. The summed E-state index contributed by atoms with van der Waals surface area (Å²) in [6, 6.07) is 5.07. The first-order valence-corrected chi connectivity index (χ1v) is 13.0. The number of amidine groups is 1. The van der Waals surface area contributed by atoms with Gasteiger partial charge in [0.15, 0.2) is 0 Å². The molecule has 9 nitrogen and oxygen atoms in total. The molecule has 0 spiro atoms. The summed E-state index contributed by atoms with van der Waals surface area (Å²) >= 11 is 13.3. The average Bonchev–Trinajstić information content (AvgIpc) is 3.36. The van der Waals surface area contributed by atoms with Crippen LogP contribution in [-0.2, 0) is 0 Å². The van der Waals surface area contributed by atoms with E-state index in [1.807, 2.05) is 0 Å². The molecule has 1 amide bonds. The van der Waals surface area contributed by atoms with Crippen molar-refractivity contribution in [2.45, 2.75) is 6.42 Å². The highest BCUT2D eigenvalue weighted by Gasteiger charge is 2.24. The molecule has 0 radical (unpaired) electrons. The summed E-state index contributed by atoms with van der Waals surface area (Å²) in [7, 11) is 5.16. The number of hydrogen-bond donors (Lipinski definition) is 1. The van der Waals surface area contributed by atoms with Crippen LogP contribution in [0, 0.1) is 0 Å². The minimum absolute atomic E-state index is 0.307. The number of methoxy groups -OCH3 is 2. The molecule has 1 fully saturated rings. The first-order valence-electron chi connectivity index (χ1n) is 12.2. The molecular formula is C27H28Cl2N6O3. The molecule has 0 bridgehead atoms. The van der Waals surface area contributed by atoms with E-state index in [2.05, 4.69) is 43.2 Å². The Bertz CT molecular complexity index is 1420. The predicted octanol–water partition coefficient (Wildman–Crippen LogP) is 4.28. The van der Waals surface area contributed by atoms with Crippen molar-refractivity contribution < 1.29 is 14.3 Å². The van der Waals surface area contributed by atoms with E-state index < -0.39 is 0 Å². The number of nitrogens with zero attached hydrogens (tertiary/aromatic N) is 5. The molecule has 0 saturated carbocycles. The summed E-state index contributed by atoms with van der Waals surface area (Å²) in [5.74, 6) is 1.11. The van der Waals surface area contributed by atoms with E-state index in [1.165, 1.54) is 14.2 Å². The zero-order valence-electron chi connectivity index (χ0n) is 21.4. The van der Waals surface area contributed by atoms with Gasteiger partial charge in [-0.05, 0) is 13.1 Å². The number of aliphatic imine (C=N–C) groups is 1. The standard InChI is InChI=1S/C27H28Cl2N6O3/c1-34-10-12-35(13-11-34)15-16-4-7-21(32-16)33-27(36)18-6-5-17(25-26(18)31-9-8-30-25)22-23(28)19(37-2)14-20(38-3)24(22)29/h4-6,8-9,14H,7,10-13,15H2,1-3H3,(H,32,33,36). The molecular weight excluding hydrogens is 527 g/mol. The van der Waals surface area contributed by atoms with Crippen molar-refractivity contribution in [1.82, 2.24) is 25.1 Å². The number of likely N-dealkylation sites (N-methyl/N-ethyl adjacent to an activating group) is 1. The van der Waals surface area contributed by atoms with Crippen LogP contribution in [0.25, 0.3) is 22.2 Å². The normalized spacial score (nSPS) is 16.3. The van der Waals surface area contributed by atoms with Crippen LogP contribution in [-0.4, -0.2) is 85.5 Å². The molecule has 3 heterocycles. The first-order chi connectivity index (χ1) is 18.4. The van der Waals surface area contributed by atoms with Crippen LogP contribution in [0.3, 0.4) is 0 Å². The second kappa shape index (κ2) is 11.2. The van der Waals surface area contributed by atoms with Crippen LogP contribution in [0.5, 0.6) is 11.5 Å². The highest BCUT2D eigenvalue weighted by Crippen LogP contribution is 2.47. The van der Waals surface area contributed by atoms with Gasteiger partial charge >= 0.3 is 0 Å². The van der Waals surface area contributed by atoms with Gasteiger partial charge in [0.2, 0.25) is 0 Å². The number of carbonyl (C=O) groups excluding carboxylic acids is 1. The van der Waals surface area contributed by atoms with E-state index in [1.54, 1.807) is 30.6 Å². The van der Waals surface area contributed by atoms with Crippen LogP contribution < -0.4 is 14.8 Å². The minimum Gasteiger partial charge on any atom is -0.495 e. The molecule has 1 aromatic heterocycles. The first kappa shape index (κ1) is 26.4. The molecule has 5 rings (SSSR count). The van der Waals surface area contributed by atoms with Gasteiger partial charge in [-0.1, -0.05) is 35.3 Å². The summed E-state index contributed by atoms with van der Waals surface area (Å²) in [4.78, 5) is 31.7. The maximum atomic E-state index is 13.3. The van der Waals surface area contributed by atoms with Gasteiger partial charge in [0.1, 0.15) is 22.9 Å². The maximum Gasteiger partial charge on any atom is 0.258 e. The zero-order valence-corrected chi connectivity index (χ0v) is 22.9. The van der Waals surface area contributed by atoms with Crippen molar-refractivity contribution >= 4 is 46.0 Å². The summed E-state index contributed by atoms with van der Waals surface area (Å²) in [6.45, 7) is 4.89. The van der Waals surface area contributed by atoms with Gasteiger partial charge in [-0.3, -0.25) is 19.7 Å². The third kappa shape index (κ3) is 5.19. The molecule has 2 aromatic carbocycles. The third-order valence-electron chi connectivity index (χ3n) is 6.76. The lowest BCUT2D eigenvalue weighted by Gasteiger charge is -2.32. The van der Waals surface area contributed by atoms with Crippen molar-refractivity contribution in [2.75, 3.05) is 54.0 Å². The largest absolute Gasteiger partial charge is 0.495 e. The van der Waals surface area contributed by atoms with Crippen LogP contribution >= 0.6 is 23.2 Å². The number of piperazine rings is 1. The Kier molecular flexibility index (Phi) is 7.80. The Balaban J connectivity index is 1.42. The lowest BCUT2D eigenvalue weighted by Crippen LogP contribution is -2.44. The smallest absolute Gasteiger partial charge is 0.258 e. The summed E-state index contributed by atoms with van der Waals surface area (Å²) in [5, 5.41) is 3.57. The third-order valence-corrected chi connectivity index (χ3v) is 7.51. The van der Waals surface area contributed by atoms with Crippen molar-refractivity contribution in [1.29, 1.82) is 0 Å². The fraction of sp³-hybridized carbons (Fsp3) is 0.333. The van der Waals surface area contributed by atoms with Gasteiger partial charge in [-0.15, -0.1) is 0 Å². The number of benzene rings is 2. The molecule has 0 unspecified atom stereocenters. The number of rotatable bonds is 6. The van der Waals surface area contributed by atoms with Crippen molar-refractivity contribution in [3.05, 3.63) is 58.0 Å². The molecule has 11 heteroatoms. The molecule has 2 aliphatic heterocycles. The van der Waals surface area contributed by atoms with E-state index in [4.69, 9.17) is 32.7 Å². The Morgan fingerprint density at radius 1 is 1.00 bits per heavy atom. The van der Waals surface area contributed by atoms with Gasteiger partial charge in [-0.25, -0.2) is 4.99 Å². The number of halogens is 2. The van der Waals surface area contributed by atoms with Crippen LogP contribution in [0.15, 0.2) is 47.4 Å². The fourth-order valence-corrected chi connectivity index (χ4v) is 5.36. The van der Waals surface area contributed by atoms with E-state index in [0.717, 1.165) is 38.4 Å². The number of amides is 1. The van der Waals surface area contributed by atoms with E-state index in [0.29, 0.717) is 61.5 Å². The molecule has 38 heavy (non-hydrogen) atoms. The molecule has 0 atom stereocenters. The quantitative estimate of drug-likeness (QED) is 0.486. The Morgan fingerprint density at radius 3 is 2.32 bits per heavy atom. The van der Waals surface area contributed by atoms with Crippen LogP contribution in [0.4, 0.5) is 0 Å². The summed E-state index contributed by atoms with van der Waals surface area (Å²) in [6.07, 6.45) is 5.74. The van der Waals surface area contributed by atoms with Crippen molar-refractivity contribution in [3.63, 3.8) is 0 Å². The lowest BCUT2D eigenvalue weighted by atomic mass is 9.99. The molecule has 2 aliphatic rings. The van der Waals surface area contributed by atoms with Crippen LogP contribution in [0.2, 0.25) is 10.0 Å². The van der Waals surface area contributed by atoms with Gasteiger partial charge < -0.3 is 19.7 Å². The minimum atomic E-state index is -0.310. The number of aromatic nitrogens is 2.